The van der Waals surface area contributed by atoms with Crippen LogP contribution in [0.1, 0.15) is 16.7 Å². The van der Waals surface area contributed by atoms with E-state index in [1.54, 1.807) is 0 Å². The highest BCUT2D eigenvalue weighted by Crippen LogP contribution is 2.17. The summed E-state index contributed by atoms with van der Waals surface area (Å²) in [5, 5.41) is 3.22. The van der Waals surface area contributed by atoms with Crippen molar-refractivity contribution in [3.63, 3.8) is 0 Å². The molecule has 1 unspecified atom stereocenters. The number of aryl methyl sites for hydroxylation is 2. The molecule has 1 aliphatic heterocycles. The quantitative estimate of drug-likeness (QED) is 0.820. The molecule has 0 bridgehead atoms. The number of carbonyl (C=O) groups excluding carboxylic acids is 1. The molecule has 0 radical (unpaired) electrons. The highest BCUT2D eigenvalue weighted by Gasteiger charge is 2.27. The average Bonchev–Trinajstić information content (AvgIpc) is 2.34. The fraction of sp³-hybridized carbons (Fsp3) is 0.500. The number of amides is 1. The predicted molar refractivity (Wildman–Crippen MR) is 72.2 cm³/mol. The maximum atomic E-state index is 11.5. The first kappa shape index (κ1) is 13.1. The second kappa shape index (κ2) is 5.50. The molecule has 3 N–H and O–H groups in total. The number of rotatable bonds is 3. The molecule has 1 amide bonds. The minimum Gasteiger partial charge on any atom is -0.368 e. The number of primary amides is 1. The molecular weight excluding hydrogens is 226 g/mol. The van der Waals surface area contributed by atoms with Gasteiger partial charge in [-0.3, -0.25) is 9.69 Å². The summed E-state index contributed by atoms with van der Waals surface area (Å²) in [4.78, 5) is 13.6. The van der Waals surface area contributed by atoms with E-state index in [1.165, 1.54) is 16.7 Å². The second-order valence-corrected chi connectivity index (χ2v) is 4.96. The van der Waals surface area contributed by atoms with Crippen LogP contribution in [0.2, 0.25) is 0 Å². The van der Waals surface area contributed by atoms with Crippen LogP contribution in [0.5, 0.6) is 0 Å². The van der Waals surface area contributed by atoms with E-state index in [0.717, 1.165) is 19.6 Å². The summed E-state index contributed by atoms with van der Waals surface area (Å²) in [6.07, 6.45) is 0. The van der Waals surface area contributed by atoms with E-state index in [4.69, 9.17) is 5.73 Å². The van der Waals surface area contributed by atoms with Crippen LogP contribution in [0.3, 0.4) is 0 Å². The summed E-state index contributed by atoms with van der Waals surface area (Å²) in [5.74, 6) is -0.242. The molecule has 0 aromatic heterocycles. The van der Waals surface area contributed by atoms with E-state index in [-0.39, 0.29) is 11.9 Å². The number of carbonyl (C=O) groups is 1. The van der Waals surface area contributed by atoms with Gasteiger partial charge in [0.15, 0.2) is 0 Å². The van der Waals surface area contributed by atoms with Crippen molar-refractivity contribution in [1.82, 2.24) is 10.2 Å². The second-order valence-electron chi connectivity index (χ2n) is 4.96. The van der Waals surface area contributed by atoms with E-state index < -0.39 is 0 Å². The lowest BCUT2D eigenvalue weighted by Crippen LogP contribution is -2.56. The molecule has 1 aromatic carbocycles. The van der Waals surface area contributed by atoms with E-state index in [9.17, 15) is 4.79 Å². The Hall–Kier alpha value is -1.39. The van der Waals surface area contributed by atoms with Crippen LogP contribution in [0.25, 0.3) is 0 Å². The van der Waals surface area contributed by atoms with Gasteiger partial charge in [-0.25, -0.2) is 0 Å². The van der Waals surface area contributed by atoms with E-state index in [0.29, 0.717) is 6.54 Å². The molecule has 98 valence electrons. The molecule has 0 spiro atoms. The Balaban J connectivity index is 2.18. The molecule has 0 saturated carbocycles. The van der Waals surface area contributed by atoms with Gasteiger partial charge in [-0.05, 0) is 30.5 Å². The minimum absolute atomic E-state index is 0.197. The third kappa shape index (κ3) is 2.71. The van der Waals surface area contributed by atoms with Crippen molar-refractivity contribution in [1.29, 1.82) is 0 Å². The highest BCUT2D eigenvalue weighted by molar-refractivity contribution is 5.80. The van der Waals surface area contributed by atoms with Crippen molar-refractivity contribution >= 4 is 5.91 Å². The lowest BCUT2D eigenvalue weighted by Gasteiger charge is -2.34. The van der Waals surface area contributed by atoms with Crippen molar-refractivity contribution in [2.75, 3.05) is 19.6 Å². The molecule has 0 aliphatic carbocycles. The van der Waals surface area contributed by atoms with Crippen LogP contribution in [-0.2, 0) is 11.3 Å². The Bertz CT molecular complexity index is 424. The van der Waals surface area contributed by atoms with E-state index in [2.05, 4.69) is 42.3 Å². The van der Waals surface area contributed by atoms with Gasteiger partial charge in [0.05, 0.1) is 0 Å². The van der Waals surface area contributed by atoms with Crippen LogP contribution in [-0.4, -0.2) is 36.5 Å². The van der Waals surface area contributed by atoms with Crippen LogP contribution >= 0.6 is 0 Å². The van der Waals surface area contributed by atoms with Crippen LogP contribution in [0.15, 0.2) is 18.2 Å². The largest absolute Gasteiger partial charge is 0.368 e. The molecule has 1 fully saturated rings. The zero-order chi connectivity index (χ0) is 13.1. The van der Waals surface area contributed by atoms with Crippen molar-refractivity contribution in [2.45, 2.75) is 26.4 Å². The lowest BCUT2D eigenvalue weighted by atomic mass is 10.0. The molecular formula is C14H21N3O. The molecule has 1 atom stereocenters. The average molecular weight is 247 g/mol. The Morgan fingerprint density at radius 1 is 1.44 bits per heavy atom. The van der Waals surface area contributed by atoms with Crippen molar-refractivity contribution in [2.24, 2.45) is 5.73 Å². The van der Waals surface area contributed by atoms with Crippen molar-refractivity contribution in [3.8, 4) is 0 Å². The predicted octanol–water partition coefficient (Wildman–Crippen LogP) is 0.563. The maximum Gasteiger partial charge on any atom is 0.236 e. The minimum atomic E-state index is -0.242. The smallest absolute Gasteiger partial charge is 0.236 e. The molecule has 1 saturated heterocycles. The zero-order valence-electron chi connectivity index (χ0n) is 11.1. The summed E-state index contributed by atoms with van der Waals surface area (Å²) < 4.78 is 0. The molecule has 1 aromatic rings. The summed E-state index contributed by atoms with van der Waals surface area (Å²) >= 11 is 0. The van der Waals surface area contributed by atoms with Gasteiger partial charge in [-0.15, -0.1) is 0 Å². The van der Waals surface area contributed by atoms with E-state index >= 15 is 0 Å². The zero-order valence-corrected chi connectivity index (χ0v) is 11.1. The number of piperazine rings is 1. The standard InChI is InChI=1S/C14H21N3O/c1-10-4-3-5-11(2)12(10)9-17-7-6-16-8-13(17)14(15)18/h3-5,13,16H,6-9H2,1-2H3,(H2,15,18). The van der Waals surface area contributed by atoms with Gasteiger partial charge in [0.25, 0.3) is 0 Å². The van der Waals surface area contributed by atoms with Gasteiger partial charge in [-0.2, -0.15) is 0 Å². The van der Waals surface area contributed by atoms with Gasteiger partial charge >= 0.3 is 0 Å². The van der Waals surface area contributed by atoms with Gasteiger partial charge in [0, 0.05) is 26.2 Å². The van der Waals surface area contributed by atoms with Gasteiger partial charge < -0.3 is 11.1 Å². The topological polar surface area (TPSA) is 58.4 Å². The maximum absolute atomic E-state index is 11.5. The van der Waals surface area contributed by atoms with Gasteiger partial charge in [0.1, 0.15) is 6.04 Å². The summed E-state index contributed by atoms with van der Waals surface area (Å²) in [5.41, 5.74) is 9.33. The van der Waals surface area contributed by atoms with Gasteiger partial charge in [0.2, 0.25) is 5.91 Å². The Morgan fingerprint density at radius 2 is 2.11 bits per heavy atom. The van der Waals surface area contributed by atoms with Crippen LogP contribution < -0.4 is 11.1 Å². The number of hydrogen-bond donors (Lipinski definition) is 2. The van der Waals surface area contributed by atoms with E-state index in [1.807, 2.05) is 0 Å². The molecule has 18 heavy (non-hydrogen) atoms. The number of benzene rings is 1. The number of nitrogens with two attached hydrogens (primary N) is 1. The SMILES string of the molecule is Cc1cccc(C)c1CN1CCNCC1C(N)=O. The molecule has 4 heteroatoms. The monoisotopic (exact) mass is 247 g/mol. The summed E-state index contributed by atoms with van der Waals surface area (Å²) in [6.45, 7) is 7.46. The number of nitrogens with one attached hydrogen (secondary N) is 1. The molecule has 1 heterocycles. The third-order valence-electron chi connectivity index (χ3n) is 3.69. The number of hydrogen-bond acceptors (Lipinski definition) is 3. The van der Waals surface area contributed by atoms with Crippen LogP contribution in [0, 0.1) is 13.8 Å². The highest BCUT2D eigenvalue weighted by atomic mass is 16.1. The van der Waals surface area contributed by atoms with Gasteiger partial charge in [-0.1, -0.05) is 18.2 Å². The third-order valence-corrected chi connectivity index (χ3v) is 3.69. The van der Waals surface area contributed by atoms with Crippen LogP contribution in [0.4, 0.5) is 0 Å². The first-order valence-electron chi connectivity index (χ1n) is 6.39. The lowest BCUT2D eigenvalue weighted by molar-refractivity contribution is -0.124. The fourth-order valence-corrected chi connectivity index (χ4v) is 2.52. The Morgan fingerprint density at radius 3 is 2.72 bits per heavy atom. The summed E-state index contributed by atoms with van der Waals surface area (Å²) in [7, 11) is 0. The number of nitrogens with zero attached hydrogens (tertiary/aromatic N) is 1. The Kier molecular flexibility index (Phi) is 3.99. The molecule has 4 nitrogen and oxygen atoms in total. The molecule has 1 aliphatic rings. The Labute approximate surface area is 108 Å². The fourth-order valence-electron chi connectivity index (χ4n) is 2.52. The normalized spacial score (nSPS) is 20.9. The summed E-state index contributed by atoms with van der Waals surface area (Å²) in [6, 6.07) is 6.10. The molecule has 2 rings (SSSR count). The van der Waals surface area contributed by atoms with Crippen molar-refractivity contribution < 1.29 is 4.79 Å². The van der Waals surface area contributed by atoms with Crippen molar-refractivity contribution in [3.05, 3.63) is 34.9 Å². The first-order chi connectivity index (χ1) is 8.59. The first-order valence-corrected chi connectivity index (χ1v) is 6.39.